The molecule has 0 radical (unpaired) electrons. The first-order chi connectivity index (χ1) is 8.04. The lowest BCUT2D eigenvalue weighted by Gasteiger charge is -2.08. The second-order valence-electron chi connectivity index (χ2n) is 3.11. The van der Waals surface area contributed by atoms with Crippen LogP contribution in [0.5, 0.6) is 0 Å². The van der Waals surface area contributed by atoms with Crippen LogP contribution in [-0.2, 0) is 14.8 Å². The van der Waals surface area contributed by atoms with Crippen LogP contribution in [0.25, 0.3) is 0 Å². The summed E-state index contributed by atoms with van der Waals surface area (Å²) < 4.78 is 22.5. The Morgan fingerprint density at radius 2 is 1.65 bits per heavy atom. The maximum atomic E-state index is 13.5. The molecule has 0 saturated carbocycles. The van der Waals surface area contributed by atoms with Gasteiger partial charge in [-0.05, 0) is 17.7 Å². The van der Waals surface area contributed by atoms with Gasteiger partial charge in [0.15, 0.2) is 0 Å². The molecule has 0 aliphatic rings. The van der Waals surface area contributed by atoms with Crippen LogP contribution >= 0.6 is 15.9 Å². The van der Waals surface area contributed by atoms with E-state index in [9.17, 15) is 14.0 Å². The van der Waals surface area contributed by atoms with Gasteiger partial charge in [-0.25, -0.2) is 14.0 Å². The minimum atomic E-state index is -0.787. The van der Waals surface area contributed by atoms with E-state index in [0.717, 1.165) is 13.2 Å². The summed E-state index contributed by atoms with van der Waals surface area (Å²) in [5, 5.41) is 0.226. The Morgan fingerprint density at radius 3 is 2.06 bits per heavy atom. The molecule has 0 amide bonds. The second kappa shape index (κ2) is 5.77. The fourth-order valence-corrected chi connectivity index (χ4v) is 1.71. The quantitative estimate of drug-likeness (QED) is 0.635. The Kier molecular flexibility index (Phi) is 4.62. The highest BCUT2D eigenvalue weighted by molar-refractivity contribution is 9.08. The number of alkyl halides is 1. The molecule has 1 aromatic rings. The van der Waals surface area contributed by atoms with Crippen LogP contribution in [0.15, 0.2) is 12.1 Å². The monoisotopic (exact) mass is 304 g/mol. The van der Waals surface area contributed by atoms with Crippen LogP contribution in [0.1, 0.15) is 26.3 Å². The highest BCUT2D eigenvalue weighted by atomic mass is 79.9. The summed E-state index contributed by atoms with van der Waals surface area (Å²) in [7, 11) is 2.33. The molecule has 0 aliphatic carbocycles. The van der Waals surface area contributed by atoms with Crippen LogP contribution in [0, 0.1) is 5.82 Å². The lowest BCUT2D eigenvalue weighted by atomic mass is 10.0. The number of benzene rings is 1. The van der Waals surface area contributed by atoms with Crippen molar-refractivity contribution in [2.75, 3.05) is 14.2 Å². The topological polar surface area (TPSA) is 52.6 Å². The predicted octanol–water partition coefficient (Wildman–Crippen LogP) is 2.29. The molecule has 17 heavy (non-hydrogen) atoms. The van der Waals surface area contributed by atoms with Gasteiger partial charge >= 0.3 is 11.9 Å². The summed E-state index contributed by atoms with van der Waals surface area (Å²) >= 11 is 3.08. The molecule has 0 bridgehead atoms. The number of carbonyl (C=O) groups excluding carboxylic acids is 2. The first-order valence-electron chi connectivity index (χ1n) is 4.60. The third-order valence-electron chi connectivity index (χ3n) is 2.14. The Labute approximate surface area is 106 Å². The summed E-state index contributed by atoms with van der Waals surface area (Å²) in [4.78, 5) is 22.9. The van der Waals surface area contributed by atoms with E-state index in [1.54, 1.807) is 0 Å². The summed E-state index contributed by atoms with van der Waals surface area (Å²) in [6, 6.07) is 2.23. The van der Waals surface area contributed by atoms with Gasteiger partial charge in [-0.3, -0.25) is 0 Å². The predicted molar refractivity (Wildman–Crippen MR) is 61.7 cm³/mol. The Balaban J connectivity index is 3.41. The van der Waals surface area contributed by atoms with E-state index in [2.05, 4.69) is 25.4 Å². The first kappa shape index (κ1) is 13.6. The normalized spacial score (nSPS) is 9.88. The van der Waals surface area contributed by atoms with Crippen LogP contribution in [0.2, 0.25) is 0 Å². The number of hydrogen-bond donors (Lipinski definition) is 0. The van der Waals surface area contributed by atoms with Gasteiger partial charge in [0.05, 0.1) is 25.3 Å². The second-order valence-corrected chi connectivity index (χ2v) is 3.67. The Hall–Kier alpha value is -1.43. The molecular weight excluding hydrogens is 295 g/mol. The summed E-state index contributed by atoms with van der Waals surface area (Å²) in [6.07, 6.45) is 0. The van der Waals surface area contributed by atoms with E-state index in [1.807, 2.05) is 0 Å². The first-order valence-corrected chi connectivity index (χ1v) is 5.72. The number of rotatable bonds is 3. The number of hydrogen-bond acceptors (Lipinski definition) is 4. The molecule has 0 heterocycles. The number of halogens is 2. The van der Waals surface area contributed by atoms with Crippen molar-refractivity contribution in [2.45, 2.75) is 5.33 Å². The van der Waals surface area contributed by atoms with Gasteiger partial charge in [0.1, 0.15) is 5.82 Å². The number of carbonyl (C=O) groups is 2. The van der Waals surface area contributed by atoms with E-state index in [-0.39, 0.29) is 22.0 Å². The molecule has 0 atom stereocenters. The smallest absolute Gasteiger partial charge is 0.338 e. The van der Waals surface area contributed by atoms with Crippen molar-refractivity contribution in [1.29, 1.82) is 0 Å². The van der Waals surface area contributed by atoms with Gasteiger partial charge in [-0.1, -0.05) is 15.9 Å². The van der Waals surface area contributed by atoms with E-state index in [1.165, 1.54) is 13.2 Å². The molecular formula is C11H10BrFO4. The molecule has 0 N–H and O–H groups in total. The fourth-order valence-electron chi connectivity index (χ4n) is 1.28. The van der Waals surface area contributed by atoms with Crippen molar-refractivity contribution < 1.29 is 23.5 Å². The van der Waals surface area contributed by atoms with Crippen molar-refractivity contribution >= 4 is 27.9 Å². The molecule has 0 spiro atoms. The van der Waals surface area contributed by atoms with Gasteiger partial charge < -0.3 is 9.47 Å². The minimum absolute atomic E-state index is 0.0183. The SMILES string of the molecule is COC(=O)c1cc(F)c(CBr)cc1C(=O)OC. The third-order valence-corrected chi connectivity index (χ3v) is 2.75. The molecule has 1 rings (SSSR count). The largest absolute Gasteiger partial charge is 0.465 e. The standard InChI is InChI=1S/C11H10BrFO4/c1-16-10(14)7-3-6(5-12)9(13)4-8(7)11(15)17-2/h3-4H,5H2,1-2H3. The maximum absolute atomic E-state index is 13.5. The third kappa shape index (κ3) is 2.82. The average molecular weight is 305 g/mol. The molecule has 0 aromatic heterocycles. The van der Waals surface area contributed by atoms with E-state index in [0.29, 0.717) is 0 Å². The van der Waals surface area contributed by atoms with Gasteiger partial charge in [0, 0.05) is 5.33 Å². The zero-order chi connectivity index (χ0) is 13.0. The van der Waals surface area contributed by atoms with Crippen molar-refractivity contribution in [3.8, 4) is 0 Å². The van der Waals surface area contributed by atoms with Crippen molar-refractivity contribution in [3.63, 3.8) is 0 Å². The zero-order valence-electron chi connectivity index (χ0n) is 9.25. The van der Waals surface area contributed by atoms with Gasteiger partial charge in [0.2, 0.25) is 0 Å². The van der Waals surface area contributed by atoms with Crippen LogP contribution in [0.3, 0.4) is 0 Å². The molecule has 92 valence electrons. The van der Waals surface area contributed by atoms with Crippen LogP contribution < -0.4 is 0 Å². The van der Waals surface area contributed by atoms with E-state index < -0.39 is 17.8 Å². The number of methoxy groups -OCH3 is 2. The van der Waals surface area contributed by atoms with Crippen LogP contribution in [0.4, 0.5) is 4.39 Å². The molecule has 4 nitrogen and oxygen atoms in total. The fraction of sp³-hybridized carbons (Fsp3) is 0.273. The molecule has 1 aromatic carbocycles. The lowest BCUT2D eigenvalue weighted by Crippen LogP contribution is -2.13. The van der Waals surface area contributed by atoms with Crippen molar-refractivity contribution in [2.24, 2.45) is 0 Å². The lowest BCUT2D eigenvalue weighted by molar-refractivity contribution is 0.0554. The van der Waals surface area contributed by atoms with E-state index >= 15 is 0 Å². The summed E-state index contributed by atoms with van der Waals surface area (Å²) in [6.45, 7) is 0. The molecule has 0 unspecified atom stereocenters. The molecule has 0 aliphatic heterocycles. The number of ether oxygens (including phenoxy) is 2. The summed E-state index contributed by atoms with van der Waals surface area (Å²) in [5.41, 5.74) is 0.0924. The highest BCUT2D eigenvalue weighted by Gasteiger charge is 2.21. The molecule has 6 heteroatoms. The summed E-state index contributed by atoms with van der Waals surface area (Å²) in [5.74, 6) is -2.09. The van der Waals surface area contributed by atoms with Crippen molar-refractivity contribution in [1.82, 2.24) is 0 Å². The van der Waals surface area contributed by atoms with Crippen molar-refractivity contribution in [3.05, 3.63) is 34.6 Å². The molecule has 0 saturated heterocycles. The van der Waals surface area contributed by atoms with Gasteiger partial charge in [-0.15, -0.1) is 0 Å². The van der Waals surface area contributed by atoms with E-state index in [4.69, 9.17) is 0 Å². The van der Waals surface area contributed by atoms with Gasteiger partial charge in [-0.2, -0.15) is 0 Å². The van der Waals surface area contributed by atoms with Crippen LogP contribution in [-0.4, -0.2) is 26.2 Å². The zero-order valence-corrected chi connectivity index (χ0v) is 10.8. The number of esters is 2. The highest BCUT2D eigenvalue weighted by Crippen LogP contribution is 2.20. The maximum Gasteiger partial charge on any atom is 0.338 e. The average Bonchev–Trinajstić information content (AvgIpc) is 2.36. The Morgan fingerprint density at radius 1 is 1.18 bits per heavy atom. The Bertz CT molecular complexity index is 459. The molecule has 0 fully saturated rings. The minimum Gasteiger partial charge on any atom is -0.465 e. The van der Waals surface area contributed by atoms with Gasteiger partial charge in [0.25, 0.3) is 0 Å².